The van der Waals surface area contributed by atoms with Crippen molar-refractivity contribution in [2.24, 2.45) is 5.92 Å². The zero-order chi connectivity index (χ0) is 21.1. The molecule has 30 heavy (non-hydrogen) atoms. The molecule has 5 heteroatoms. The van der Waals surface area contributed by atoms with Gasteiger partial charge in [-0.05, 0) is 30.0 Å². The summed E-state index contributed by atoms with van der Waals surface area (Å²) in [5.74, 6) is 1.24. The highest BCUT2D eigenvalue weighted by Crippen LogP contribution is 2.43. The molecule has 5 nitrogen and oxygen atoms in total. The smallest absolute Gasteiger partial charge is 0.273 e. The third-order valence-electron chi connectivity index (χ3n) is 5.44. The van der Waals surface area contributed by atoms with Gasteiger partial charge in [0.2, 0.25) is 0 Å². The van der Waals surface area contributed by atoms with Gasteiger partial charge in [0, 0.05) is 17.7 Å². The van der Waals surface area contributed by atoms with E-state index in [1.165, 1.54) is 0 Å². The van der Waals surface area contributed by atoms with E-state index in [2.05, 4.69) is 43.1 Å². The minimum atomic E-state index is -0.159. The van der Waals surface area contributed by atoms with Crippen LogP contribution in [0.15, 0.2) is 54.6 Å². The molecule has 1 unspecified atom stereocenters. The Balaban J connectivity index is 1.73. The summed E-state index contributed by atoms with van der Waals surface area (Å²) in [6.45, 7) is 7.84. The fourth-order valence-corrected chi connectivity index (χ4v) is 4.02. The Morgan fingerprint density at radius 1 is 1.10 bits per heavy atom. The van der Waals surface area contributed by atoms with Crippen LogP contribution in [0.5, 0.6) is 5.75 Å². The highest BCUT2D eigenvalue weighted by Gasteiger charge is 2.42. The molecule has 0 saturated carbocycles. The lowest BCUT2D eigenvalue weighted by Crippen LogP contribution is -2.32. The summed E-state index contributed by atoms with van der Waals surface area (Å²) in [5.41, 5.74) is 4.50. The lowest BCUT2D eigenvalue weighted by atomic mass is 9.95. The fraction of sp³-hybridized carbons (Fsp3) is 0.360. The van der Waals surface area contributed by atoms with E-state index in [0.717, 1.165) is 47.6 Å². The van der Waals surface area contributed by atoms with Crippen LogP contribution in [-0.2, 0) is 0 Å². The van der Waals surface area contributed by atoms with Crippen LogP contribution in [-0.4, -0.2) is 34.2 Å². The molecule has 1 aromatic heterocycles. The molecule has 3 aromatic rings. The average Bonchev–Trinajstić information content (AvgIpc) is 3.29. The van der Waals surface area contributed by atoms with Crippen molar-refractivity contribution >= 4 is 5.91 Å². The maximum absolute atomic E-state index is 13.2. The standard InChI is InChI=1S/C25H29N3O2/c1-4-5-15-30-20-13-11-19(12-14-20)24-21-22(18-9-7-6-8-10-18)26-27-23(21)25(29)28(24)16-17(2)3/h6-14,17,24H,4-5,15-16H2,1-3H3,(H,26,27). The Labute approximate surface area is 178 Å². The molecule has 0 fully saturated rings. The number of carbonyl (C=O) groups is 1. The molecule has 1 aliphatic rings. The van der Waals surface area contributed by atoms with Crippen molar-refractivity contribution in [3.05, 3.63) is 71.4 Å². The number of unbranched alkanes of at least 4 members (excludes halogenated alkanes) is 1. The number of rotatable bonds is 8. The van der Waals surface area contributed by atoms with Gasteiger partial charge in [0.25, 0.3) is 5.91 Å². The number of carbonyl (C=O) groups excluding carboxylic acids is 1. The van der Waals surface area contributed by atoms with Gasteiger partial charge in [0.15, 0.2) is 0 Å². The maximum atomic E-state index is 13.2. The van der Waals surface area contributed by atoms with Gasteiger partial charge in [-0.25, -0.2) is 0 Å². The topological polar surface area (TPSA) is 58.2 Å². The van der Waals surface area contributed by atoms with Crippen molar-refractivity contribution in [3.8, 4) is 17.0 Å². The number of aromatic amines is 1. The van der Waals surface area contributed by atoms with Crippen molar-refractivity contribution in [1.29, 1.82) is 0 Å². The van der Waals surface area contributed by atoms with Crippen molar-refractivity contribution < 1.29 is 9.53 Å². The van der Waals surface area contributed by atoms with Crippen LogP contribution in [0.2, 0.25) is 0 Å². The van der Waals surface area contributed by atoms with Crippen LogP contribution in [0.1, 0.15) is 61.3 Å². The van der Waals surface area contributed by atoms with Crippen molar-refractivity contribution in [1.82, 2.24) is 15.1 Å². The van der Waals surface area contributed by atoms with E-state index in [1.54, 1.807) is 0 Å². The van der Waals surface area contributed by atoms with Gasteiger partial charge in [0.05, 0.1) is 18.3 Å². The Morgan fingerprint density at radius 3 is 2.50 bits per heavy atom. The average molecular weight is 404 g/mol. The van der Waals surface area contributed by atoms with Gasteiger partial charge >= 0.3 is 0 Å². The predicted molar refractivity (Wildman–Crippen MR) is 119 cm³/mol. The van der Waals surface area contributed by atoms with E-state index < -0.39 is 0 Å². The number of nitrogens with zero attached hydrogens (tertiary/aromatic N) is 2. The lowest BCUT2D eigenvalue weighted by Gasteiger charge is -2.28. The number of hydrogen-bond acceptors (Lipinski definition) is 3. The van der Waals surface area contributed by atoms with Gasteiger partial charge < -0.3 is 9.64 Å². The highest BCUT2D eigenvalue weighted by atomic mass is 16.5. The van der Waals surface area contributed by atoms with E-state index in [-0.39, 0.29) is 11.9 Å². The van der Waals surface area contributed by atoms with Crippen molar-refractivity contribution in [2.45, 2.75) is 39.7 Å². The van der Waals surface area contributed by atoms with Crippen molar-refractivity contribution in [3.63, 3.8) is 0 Å². The normalized spacial score (nSPS) is 15.7. The molecule has 1 aliphatic heterocycles. The maximum Gasteiger partial charge on any atom is 0.273 e. The first-order valence-corrected chi connectivity index (χ1v) is 10.8. The Morgan fingerprint density at radius 2 is 1.83 bits per heavy atom. The van der Waals surface area contributed by atoms with E-state index in [4.69, 9.17) is 4.74 Å². The summed E-state index contributed by atoms with van der Waals surface area (Å²) < 4.78 is 5.83. The molecule has 0 radical (unpaired) electrons. The molecule has 0 bridgehead atoms. The second kappa shape index (κ2) is 8.74. The number of fused-ring (bicyclic) bond motifs is 1. The second-order valence-electron chi connectivity index (χ2n) is 8.25. The number of benzene rings is 2. The van der Waals surface area contributed by atoms with E-state index in [1.807, 2.05) is 47.4 Å². The van der Waals surface area contributed by atoms with Gasteiger partial charge in [-0.1, -0.05) is 69.7 Å². The number of ether oxygens (including phenoxy) is 1. The molecule has 1 N–H and O–H groups in total. The number of H-pyrrole nitrogens is 1. The van der Waals surface area contributed by atoms with Gasteiger partial charge in [-0.2, -0.15) is 5.10 Å². The highest BCUT2D eigenvalue weighted by molar-refractivity contribution is 6.00. The molecule has 0 aliphatic carbocycles. The van der Waals surface area contributed by atoms with Crippen LogP contribution < -0.4 is 4.74 Å². The number of hydrogen-bond donors (Lipinski definition) is 1. The number of amides is 1. The molecule has 156 valence electrons. The third kappa shape index (κ3) is 3.84. The van der Waals surface area contributed by atoms with Crippen LogP contribution >= 0.6 is 0 Å². The number of nitrogens with one attached hydrogen (secondary N) is 1. The first-order valence-electron chi connectivity index (χ1n) is 10.8. The zero-order valence-electron chi connectivity index (χ0n) is 17.9. The summed E-state index contributed by atoms with van der Waals surface area (Å²) in [7, 11) is 0. The molecular weight excluding hydrogens is 374 g/mol. The van der Waals surface area contributed by atoms with Gasteiger partial charge in [-0.3, -0.25) is 9.89 Å². The van der Waals surface area contributed by atoms with E-state index in [0.29, 0.717) is 18.2 Å². The molecule has 1 amide bonds. The Bertz CT molecular complexity index is 993. The third-order valence-corrected chi connectivity index (χ3v) is 5.44. The first-order chi connectivity index (χ1) is 14.6. The summed E-state index contributed by atoms with van der Waals surface area (Å²) in [5, 5.41) is 7.54. The molecule has 4 rings (SSSR count). The predicted octanol–water partition coefficient (Wildman–Crippen LogP) is 5.46. The minimum absolute atomic E-state index is 0.0154. The summed E-state index contributed by atoms with van der Waals surface area (Å²) in [6.07, 6.45) is 2.15. The molecule has 2 aromatic carbocycles. The fourth-order valence-electron chi connectivity index (χ4n) is 4.02. The summed E-state index contributed by atoms with van der Waals surface area (Å²) in [4.78, 5) is 15.2. The quantitative estimate of drug-likeness (QED) is 0.508. The van der Waals surface area contributed by atoms with Gasteiger partial charge in [-0.15, -0.1) is 0 Å². The Kier molecular flexibility index (Phi) is 5.88. The zero-order valence-corrected chi connectivity index (χ0v) is 17.9. The monoisotopic (exact) mass is 403 g/mol. The second-order valence-corrected chi connectivity index (χ2v) is 8.25. The Hall–Kier alpha value is -3.08. The SMILES string of the molecule is CCCCOc1ccc(C2c3c(-c4ccccc4)n[nH]c3C(=O)N2CC(C)C)cc1. The largest absolute Gasteiger partial charge is 0.494 e. The molecule has 2 heterocycles. The molecule has 0 spiro atoms. The van der Waals surface area contributed by atoms with Crippen LogP contribution in [0.25, 0.3) is 11.3 Å². The lowest BCUT2D eigenvalue weighted by molar-refractivity contribution is 0.0722. The van der Waals surface area contributed by atoms with Crippen LogP contribution in [0.4, 0.5) is 0 Å². The number of aromatic nitrogens is 2. The summed E-state index contributed by atoms with van der Waals surface area (Å²) in [6, 6.07) is 18.0. The van der Waals surface area contributed by atoms with E-state index >= 15 is 0 Å². The minimum Gasteiger partial charge on any atom is -0.494 e. The van der Waals surface area contributed by atoms with Crippen LogP contribution in [0.3, 0.4) is 0 Å². The van der Waals surface area contributed by atoms with Crippen molar-refractivity contribution in [2.75, 3.05) is 13.2 Å². The first kappa shape index (κ1) is 20.2. The summed E-state index contributed by atoms with van der Waals surface area (Å²) >= 11 is 0. The van der Waals surface area contributed by atoms with Crippen LogP contribution in [0, 0.1) is 5.92 Å². The molecular formula is C25H29N3O2. The molecule has 1 atom stereocenters. The van der Waals surface area contributed by atoms with Gasteiger partial charge in [0.1, 0.15) is 11.4 Å². The molecule has 0 saturated heterocycles. The van der Waals surface area contributed by atoms with E-state index in [9.17, 15) is 4.79 Å².